The standard InChI is InChI=1S/C11H20N4O2/c1-4-6-11(3,12)10(16)13-7-5-9-14-8(2)15-17-9/h4-7,12H2,1-3H3,(H,13,16). The molecule has 0 aromatic carbocycles. The topological polar surface area (TPSA) is 94.0 Å². The minimum absolute atomic E-state index is 0.143. The summed E-state index contributed by atoms with van der Waals surface area (Å²) in [6.45, 7) is 5.95. The van der Waals surface area contributed by atoms with Gasteiger partial charge in [0.1, 0.15) is 0 Å². The Bertz CT molecular complexity index is 373. The number of rotatable bonds is 6. The molecule has 1 aromatic heterocycles. The van der Waals surface area contributed by atoms with Gasteiger partial charge in [-0.15, -0.1) is 0 Å². The van der Waals surface area contributed by atoms with Crippen LogP contribution in [0.1, 0.15) is 38.4 Å². The maximum absolute atomic E-state index is 11.7. The average molecular weight is 240 g/mol. The zero-order valence-corrected chi connectivity index (χ0v) is 10.6. The summed E-state index contributed by atoms with van der Waals surface area (Å²) < 4.78 is 4.94. The highest BCUT2D eigenvalue weighted by Crippen LogP contribution is 2.08. The molecule has 1 aromatic rings. The number of hydrogen-bond donors (Lipinski definition) is 2. The van der Waals surface area contributed by atoms with Crippen LogP contribution in [-0.2, 0) is 11.2 Å². The van der Waals surface area contributed by atoms with Crippen LogP contribution in [0.3, 0.4) is 0 Å². The molecule has 3 N–H and O–H groups in total. The summed E-state index contributed by atoms with van der Waals surface area (Å²) in [5.41, 5.74) is 5.08. The number of nitrogens with zero attached hydrogens (tertiary/aromatic N) is 2. The summed E-state index contributed by atoms with van der Waals surface area (Å²) in [4.78, 5) is 15.8. The van der Waals surface area contributed by atoms with Crippen molar-refractivity contribution in [1.29, 1.82) is 0 Å². The van der Waals surface area contributed by atoms with Gasteiger partial charge in [0.05, 0.1) is 5.54 Å². The summed E-state index contributed by atoms with van der Waals surface area (Å²) in [6.07, 6.45) is 2.07. The number of carbonyl (C=O) groups is 1. The van der Waals surface area contributed by atoms with Crippen molar-refractivity contribution in [1.82, 2.24) is 15.5 Å². The largest absolute Gasteiger partial charge is 0.354 e. The van der Waals surface area contributed by atoms with E-state index in [2.05, 4.69) is 15.5 Å². The first kappa shape index (κ1) is 13.6. The highest BCUT2D eigenvalue weighted by Gasteiger charge is 2.26. The van der Waals surface area contributed by atoms with Gasteiger partial charge in [0.2, 0.25) is 11.8 Å². The van der Waals surface area contributed by atoms with Gasteiger partial charge in [-0.25, -0.2) is 0 Å². The second-order valence-corrected chi connectivity index (χ2v) is 4.41. The second kappa shape index (κ2) is 5.77. The number of hydrogen-bond acceptors (Lipinski definition) is 5. The molecule has 1 unspecified atom stereocenters. The zero-order valence-electron chi connectivity index (χ0n) is 10.6. The Balaban J connectivity index is 2.33. The molecule has 0 aliphatic rings. The molecule has 0 saturated carbocycles. The average Bonchev–Trinajstić information content (AvgIpc) is 2.64. The summed E-state index contributed by atoms with van der Waals surface area (Å²) in [7, 11) is 0. The molecule has 17 heavy (non-hydrogen) atoms. The van der Waals surface area contributed by atoms with Crippen LogP contribution in [0.4, 0.5) is 0 Å². The smallest absolute Gasteiger partial charge is 0.239 e. The molecular weight excluding hydrogens is 220 g/mol. The van der Waals surface area contributed by atoms with Crippen LogP contribution in [0.15, 0.2) is 4.52 Å². The van der Waals surface area contributed by atoms with Crippen LogP contribution in [-0.4, -0.2) is 28.1 Å². The number of aromatic nitrogens is 2. The van der Waals surface area contributed by atoms with Crippen molar-refractivity contribution in [3.8, 4) is 0 Å². The highest BCUT2D eigenvalue weighted by molar-refractivity contribution is 5.85. The lowest BCUT2D eigenvalue weighted by Gasteiger charge is -2.22. The van der Waals surface area contributed by atoms with E-state index in [1.165, 1.54) is 0 Å². The lowest BCUT2D eigenvalue weighted by atomic mass is 9.96. The van der Waals surface area contributed by atoms with Crippen molar-refractivity contribution in [3.05, 3.63) is 11.7 Å². The molecule has 0 fully saturated rings. The first-order chi connectivity index (χ1) is 7.95. The Labute approximate surface area is 101 Å². The molecule has 0 bridgehead atoms. The third kappa shape index (κ3) is 4.14. The van der Waals surface area contributed by atoms with Gasteiger partial charge in [0.15, 0.2) is 5.82 Å². The van der Waals surface area contributed by atoms with Gasteiger partial charge < -0.3 is 15.6 Å². The summed E-state index contributed by atoms with van der Waals surface area (Å²) in [5, 5.41) is 6.44. The molecule has 1 amide bonds. The van der Waals surface area contributed by atoms with E-state index in [4.69, 9.17) is 10.3 Å². The van der Waals surface area contributed by atoms with Gasteiger partial charge in [0, 0.05) is 13.0 Å². The van der Waals surface area contributed by atoms with Gasteiger partial charge in [0.25, 0.3) is 0 Å². The van der Waals surface area contributed by atoms with Crippen LogP contribution in [0.25, 0.3) is 0 Å². The van der Waals surface area contributed by atoms with E-state index in [0.29, 0.717) is 31.1 Å². The number of carbonyl (C=O) groups excluding carboxylic acids is 1. The normalized spacial score (nSPS) is 14.4. The Hall–Kier alpha value is -1.43. The number of aryl methyl sites for hydroxylation is 1. The first-order valence-corrected chi connectivity index (χ1v) is 5.82. The molecule has 0 spiro atoms. The maximum atomic E-state index is 11.7. The molecule has 0 saturated heterocycles. The van der Waals surface area contributed by atoms with Gasteiger partial charge in [-0.05, 0) is 20.3 Å². The fraction of sp³-hybridized carbons (Fsp3) is 0.727. The molecular formula is C11H20N4O2. The van der Waals surface area contributed by atoms with E-state index < -0.39 is 5.54 Å². The lowest BCUT2D eigenvalue weighted by molar-refractivity contribution is -0.126. The Morgan fingerprint density at radius 2 is 2.29 bits per heavy atom. The number of nitrogens with one attached hydrogen (secondary N) is 1. The number of nitrogens with two attached hydrogens (primary N) is 1. The van der Waals surface area contributed by atoms with Crippen LogP contribution in [0, 0.1) is 6.92 Å². The molecule has 1 rings (SSSR count). The van der Waals surface area contributed by atoms with Crippen molar-refractivity contribution in [2.24, 2.45) is 5.73 Å². The predicted molar refractivity (Wildman–Crippen MR) is 63.2 cm³/mol. The van der Waals surface area contributed by atoms with E-state index in [0.717, 1.165) is 6.42 Å². The fourth-order valence-corrected chi connectivity index (χ4v) is 1.56. The van der Waals surface area contributed by atoms with E-state index >= 15 is 0 Å². The van der Waals surface area contributed by atoms with E-state index in [-0.39, 0.29) is 5.91 Å². The minimum atomic E-state index is -0.806. The van der Waals surface area contributed by atoms with Crippen LogP contribution in [0.2, 0.25) is 0 Å². The Morgan fingerprint density at radius 1 is 1.59 bits per heavy atom. The van der Waals surface area contributed by atoms with E-state index in [9.17, 15) is 4.79 Å². The van der Waals surface area contributed by atoms with Gasteiger partial charge in [-0.1, -0.05) is 18.5 Å². The van der Waals surface area contributed by atoms with Gasteiger partial charge in [-0.3, -0.25) is 4.79 Å². The molecule has 96 valence electrons. The van der Waals surface area contributed by atoms with Crippen molar-refractivity contribution in [2.75, 3.05) is 6.54 Å². The second-order valence-electron chi connectivity index (χ2n) is 4.41. The number of amides is 1. The molecule has 1 heterocycles. The molecule has 6 nitrogen and oxygen atoms in total. The Kier molecular flexibility index (Phi) is 4.62. The lowest BCUT2D eigenvalue weighted by Crippen LogP contribution is -2.51. The van der Waals surface area contributed by atoms with Crippen LogP contribution < -0.4 is 11.1 Å². The summed E-state index contributed by atoms with van der Waals surface area (Å²) in [5.74, 6) is 0.980. The highest BCUT2D eigenvalue weighted by atomic mass is 16.5. The first-order valence-electron chi connectivity index (χ1n) is 5.82. The van der Waals surface area contributed by atoms with Crippen molar-refractivity contribution >= 4 is 5.91 Å². The summed E-state index contributed by atoms with van der Waals surface area (Å²) in [6, 6.07) is 0. The van der Waals surface area contributed by atoms with Gasteiger partial charge in [-0.2, -0.15) is 4.98 Å². The summed E-state index contributed by atoms with van der Waals surface area (Å²) >= 11 is 0. The van der Waals surface area contributed by atoms with E-state index in [1.807, 2.05) is 6.92 Å². The zero-order chi connectivity index (χ0) is 12.9. The molecule has 0 aliphatic carbocycles. The third-order valence-electron chi connectivity index (χ3n) is 2.48. The van der Waals surface area contributed by atoms with Crippen molar-refractivity contribution in [2.45, 2.75) is 45.6 Å². The van der Waals surface area contributed by atoms with Crippen LogP contribution >= 0.6 is 0 Å². The predicted octanol–water partition coefficient (Wildman–Crippen LogP) is 0.554. The third-order valence-corrected chi connectivity index (χ3v) is 2.48. The minimum Gasteiger partial charge on any atom is -0.354 e. The Morgan fingerprint density at radius 3 is 2.82 bits per heavy atom. The fourth-order valence-electron chi connectivity index (χ4n) is 1.56. The maximum Gasteiger partial charge on any atom is 0.239 e. The van der Waals surface area contributed by atoms with Crippen LogP contribution in [0.5, 0.6) is 0 Å². The molecule has 0 aliphatic heterocycles. The molecule has 0 radical (unpaired) electrons. The molecule has 1 atom stereocenters. The van der Waals surface area contributed by atoms with Gasteiger partial charge >= 0.3 is 0 Å². The quantitative estimate of drug-likeness (QED) is 0.757. The van der Waals surface area contributed by atoms with Crippen molar-refractivity contribution in [3.63, 3.8) is 0 Å². The SMILES string of the molecule is CCCC(C)(N)C(=O)NCCc1nc(C)no1. The van der Waals surface area contributed by atoms with Crippen molar-refractivity contribution < 1.29 is 9.32 Å². The monoisotopic (exact) mass is 240 g/mol. The van der Waals surface area contributed by atoms with E-state index in [1.54, 1.807) is 13.8 Å². The molecule has 6 heteroatoms.